The number of benzene rings is 2. The first-order chi connectivity index (χ1) is 13.7. The van der Waals surface area contributed by atoms with Gasteiger partial charge < -0.3 is 9.64 Å². The van der Waals surface area contributed by atoms with Crippen LogP contribution in [0.4, 0.5) is 0 Å². The summed E-state index contributed by atoms with van der Waals surface area (Å²) in [6.07, 6.45) is 0. The summed E-state index contributed by atoms with van der Waals surface area (Å²) < 4.78 is 33.0. The lowest BCUT2D eigenvalue weighted by Crippen LogP contribution is -3.13. The highest BCUT2D eigenvalue weighted by Gasteiger charge is 2.31. The number of ketones is 1. The van der Waals surface area contributed by atoms with Crippen molar-refractivity contribution in [3.05, 3.63) is 58.7 Å². The Morgan fingerprint density at radius 3 is 2.34 bits per heavy atom. The van der Waals surface area contributed by atoms with Crippen LogP contribution in [0.3, 0.4) is 0 Å². The fourth-order valence-electron chi connectivity index (χ4n) is 3.65. The van der Waals surface area contributed by atoms with Gasteiger partial charge >= 0.3 is 0 Å². The molecule has 1 saturated heterocycles. The molecular weight excluding hydrogens is 388 g/mol. The number of sulfonamides is 1. The highest BCUT2D eigenvalue weighted by atomic mass is 32.2. The van der Waals surface area contributed by atoms with Crippen molar-refractivity contribution >= 4 is 15.8 Å². The molecule has 2 aromatic rings. The van der Waals surface area contributed by atoms with Crippen LogP contribution in [0, 0.1) is 13.8 Å². The summed E-state index contributed by atoms with van der Waals surface area (Å²) in [5.74, 6) is 0.779. The Balaban J connectivity index is 1.70. The molecule has 29 heavy (non-hydrogen) atoms. The van der Waals surface area contributed by atoms with Crippen molar-refractivity contribution in [1.29, 1.82) is 0 Å². The summed E-state index contributed by atoms with van der Waals surface area (Å²) in [5.41, 5.74) is 3.70. The van der Waals surface area contributed by atoms with E-state index in [-0.39, 0.29) is 5.78 Å². The Kier molecular flexibility index (Phi) is 6.41. The Labute approximate surface area is 173 Å². The number of piperazine rings is 1. The number of carbonyl (C=O) groups is 1. The van der Waals surface area contributed by atoms with Gasteiger partial charge in [-0.2, -0.15) is 4.31 Å². The molecule has 0 atom stereocenters. The van der Waals surface area contributed by atoms with Gasteiger partial charge in [-0.3, -0.25) is 4.79 Å². The van der Waals surface area contributed by atoms with E-state index in [9.17, 15) is 13.2 Å². The summed E-state index contributed by atoms with van der Waals surface area (Å²) >= 11 is 0. The van der Waals surface area contributed by atoms with Crippen molar-refractivity contribution in [3.63, 3.8) is 0 Å². The van der Waals surface area contributed by atoms with Crippen LogP contribution in [0.2, 0.25) is 0 Å². The molecule has 1 fully saturated rings. The number of aryl methyl sites for hydroxylation is 2. The largest absolute Gasteiger partial charge is 0.496 e. The van der Waals surface area contributed by atoms with E-state index in [1.807, 2.05) is 32.0 Å². The number of rotatable bonds is 6. The zero-order valence-electron chi connectivity index (χ0n) is 17.5. The third kappa shape index (κ3) is 4.69. The zero-order chi connectivity index (χ0) is 21.2. The normalized spacial score (nSPS) is 16.0. The van der Waals surface area contributed by atoms with Gasteiger partial charge in [0, 0.05) is 11.1 Å². The monoisotopic (exact) mass is 417 g/mol. The number of nitrogens with one attached hydrogen (secondary N) is 1. The van der Waals surface area contributed by atoms with Crippen molar-refractivity contribution < 1.29 is 22.8 Å². The molecule has 1 aliphatic heterocycles. The second-order valence-electron chi connectivity index (χ2n) is 7.66. The van der Waals surface area contributed by atoms with E-state index in [4.69, 9.17) is 4.74 Å². The predicted molar refractivity (Wildman–Crippen MR) is 112 cm³/mol. The molecule has 1 heterocycles. The van der Waals surface area contributed by atoms with Crippen LogP contribution < -0.4 is 9.64 Å². The predicted octanol–water partition coefficient (Wildman–Crippen LogP) is 1.60. The minimum Gasteiger partial charge on any atom is -0.496 e. The summed E-state index contributed by atoms with van der Waals surface area (Å²) in [5, 5.41) is 0. The lowest BCUT2D eigenvalue weighted by molar-refractivity contribution is -0.917. The number of carbonyl (C=O) groups excluding carboxylic acids is 1. The molecule has 6 nitrogen and oxygen atoms in total. The van der Waals surface area contributed by atoms with Gasteiger partial charge in [-0.15, -0.1) is 0 Å². The average Bonchev–Trinajstić information content (AvgIpc) is 2.70. The maximum absolute atomic E-state index is 13.0. The Hall–Kier alpha value is -2.22. The molecule has 0 amide bonds. The zero-order valence-corrected chi connectivity index (χ0v) is 18.3. The molecule has 0 saturated carbocycles. The molecule has 7 heteroatoms. The van der Waals surface area contributed by atoms with E-state index >= 15 is 0 Å². The molecule has 3 rings (SSSR count). The number of quaternary nitrogens is 1. The van der Waals surface area contributed by atoms with Crippen LogP contribution in [-0.4, -0.2) is 51.8 Å². The van der Waals surface area contributed by atoms with Crippen molar-refractivity contribution in [2.45, 2.75) is 32.2 Å². The molecule has 1 N–H and O–H groups in total. The lowest BCUT2D eigenvalue weighted by atomic mass is 10.1. The number of hydrogen-bond acceptors (Lipinski definition) is 4. The van der Waals surface area contributed by atoms with Crippen LogP contribution in [0.25, 0.3) is 0 Å². The Morgan fingerprint density at radius 1 is 1.07 bits per heavy atom. The molecule has 0 aromatic heterocycles. The number of hydrogen-bond donors (Lipinski definition) is 1. The average molecular weight is 418 g/mol. The van der Waals surface area contributed by atoms with E-state index in [2.05, 4.69) is 0 Å². The van der Waals surface area contributed by atoms with Crippen LogP contribution in [0.15, 0.2) is 41.3 Å². The van der Waals surface area contributed by atoms with Gasteiger partial charge in [-0.25, -0.2) is 8.42 Å². The van der Waals surface area contributed by atoms with Gasteiger partial charge in [0.05, 0.1) is 38.2 Å². The maximum atomic E-state index is 13.0. The minimum absolute atomic E-state index is 0.0215. The van der Waals surface area contributed by atoms with E-state index in [1.54, 1.807) is 36.5 Å². The topological polar surface area (TPSA) is 68.1 Å². The minimum atomic E-state index is -3.48. The van der Waals surface area contributed by atoms with E-state index in [0.29, 0.717) is 43.2 Å². The quantitative estimate of drug-likeness (QED) is 0.725. The number of methoxy groups -OCH3 is 1. The van der Waals surface area contributed by atoms with E-state index in [1.165, 1.54) is 4.90 Å². The highest BCUT2D eigenvalue weighted by Crippen LogP contribution is 2.21. The SMILES string of the molecule is COc1ccc(C(C)=O)cc1C[NH+]1CCN(S(=O)(=O)c2ccc(C)c(C)c2)CC1. The number of nitrogens with zero attached hydrogens (tertiary/aromatic N) is 1. The second kappa shape index (κ2) is 8.65. The van der Waals surface area contributed by atoms with Gasteiger partial charge in [0.25, 0.3) is 0 Å². The lowest BCUT2D eigenvalue weighted by Gasteiger charge is -2.32. The van der Waals surface area contributed by atoms with Crippen molar-refractivity contribution in [2.75, 3.05) is 33.3 Å². The van der Waals surface area contributed by atoms with E-state index < -0.39 is 10.0 Å². The van der Waals surface area contributed by atoms with Crippen molar-refractivity contribution in [1.82, 2.24) is 4.31 Å². The molecule has 0 radical (unpaired) electrons. The van der Waals surface area contributed by atoms with E-state index in [0.717, 1.165) is 22.4 Å². The smallest absolute Gasteiger partial charge is 0.243 e. The Morgan fingerprint density at radius 2 is 1.76 bits per heavy atom. The molecule has 1 aliphatic rings. The molecular formula is C22H29N2O4S+. The van der Waals surface area contributed by atoms with Gasteiger partial charge in [-0.05, 0) is 62.2 Å². The molecule has 0 spiro atoms. The summed E-state index contributed by atoms with van der Waals surface area (Å²) in [4.78, 5) is 13.3. The Bertz CT molecular complexity index is 1010. The second-order valence-corrected chi connectivity index (χ2v) is 9.60. The van der Waals surface area contributed by atoms with Gasteiger partial charge in [0.1, 0.15) is 12.3 Å². The standard InChI is InChI=1S/C22H28N2O4S/c1-16-5-7-21(13-17(16)2)29(26,27)24-11-9-23(10-12-24)15-20-14-19(18(3)25)6-8-22(20)28-4/h5-8,13-14H,9-12,15H2,1-4H3/p+1. The molecule has 0 unspecified atom stereocenters. The molecule has 0 bridgehead atoms. The summed E-state index contributed by atoms with van der Waals surface area (Å²) in [7, 11) is -1.86. The summed E-state index contributed by atoms with van der Waals surface area (Å²) in [6, 6.07) is 10.8. The summed E-state index contributed by atoms with van der Waals surface area (Å²) in [6.45, 7) is 8.51. The third-order valence-corrected chi connectivity index (χ3v) is 7.57. The first kappa shape index (κ1) is 21.5. The molecule has 156 valence electrons. The van der Waals surface area contributed by atoms with Crippen LogP contribution in [-0.2, 0) is 16.6 Å². The molecule has 0 aliphatic carbocycles. The number of Topliss-reactive ketones (excluding diaryl/α,β-unsaturated/α-hetero) is 1. The molecule has 2 aromatic carbocycles. The van der Waals surface area contributed by atoms with Crippen molar-refractivity contribution in [3.8, 4) is 5.75 Å². The number of ether oxygens (including phenoxy) is 1. The van der Waals surface area contributed by atoms with Crippen LogP contribution >= 0.6 is 0 Å². The van der Waals surface area contributed by atoms with Gasteiger partial charge in [-0.1, -0.05) is 6.07 Å². The van der Waals surface area contributed by atoms with Crippen LogP contribution in [0.1, 0.15) is 34.0 Å². The maximum Gasteiger partial charge on any atom is 0.243 e. The fraction of sp³-hybridized carbons (Fsp3) is 0.409. The highest BCUT2D eigenvalue weighted by molar-refractivity contribution is 7.89. The first-order valence-electron chi connectivity index (χ1n) is 9.81. The van der Waals surface area contributed by atoms with Crippen LogP contribution in [0.5, 0.6) is 5.75 Å². The van der Waals surface area contributed by atoms with Gasteiger partial charge in [0.15, 0.2) is 5.78 Å². The third-order valence-electron chi connectivity index (χ3n) is 5.67. The van der Waals surface area contributed by atoms with Gasteiger partial charge in [0.2, 0.25) is 10.0 Å². The van der Waals surface area contributed by atoms with Crippen molar-refractivity contribution in [2.24, 2.45) is 0 Å². The fourth-order valence-corrected chi connectivity index (χ4v) is 5.18. The first-order valence-corrected chi connectivity index (χ1v) is 11.2.